The van der Waals surface area contributed by atoms with Crippen LogP contribution in [-0.4, -0.2) is 62.1 Å². The third kappa shape index (κ3) is 10.2. The molecule has 0 saturated heterocycles. The van der Waals surface area contributed by atoms with Crippen molar-refractivity contribution in [1.29, 1.82) is 0 Å². The Labute approximate surface area is 278 Å². The number of alkyl halides is 3. The fraction of sp³-hybridized carbons (Fsp3) is 0.400. The van der Waals surface area contributed by atoms with Gasteiger partial charge in [0, 0.05) is 34.6 Å². The highest BCUT2D eigenvalue weighted by Crippen LogP contribution is 2.34. The third-order valence-corrected chi connectivity index (χ3v) is 8.48. The van der Waals surface area contributed by atoms with E-state index in [1.54, 1.807) is 23.1 Å². The van der Waals surface area contributed by atoms with Gasteiger partial charge in [0.05, 0.1) is 30.3 Å². The topological polar surface area (TPSA) is 82.9 Å². The number of rotatable bonds is 17. The number of carbonyl (C=O) groups is 1. The first-order chi connectivity index (χ1) is 22.0. The minimum Gasteiger partial charge on any atom is -0.494 e. The number of nitrogen functional groups attached to an aromatic ring is 1. The molecule has 3 aromatic carbocycles. The Hall–Kier alpha value is -3.54. The number of likely N-dealkylation sites (N-methyl/N-ethyl adjacent to an activating group) is 1. The lowest BCUT2D eigenvalue weighted by atomic mass is 9.96. The number of benzene rings is 3. The van der Waals surface area contributed by atoms with E-state index in [1.165, 1.54) is 6.07 Å². The van der Waals surface area contributed by atoms with Crippen LogP contribution in [0.3, 0.4) is 0 Å². The number of halogens is 4. The average Bonchev–Trinajstić information content (AvgIpc) is 3.34. The van der Waals surface area contributed by atoms with E-state index in [1.807, 2.05) is 43.3 Å². The molecule has 248 valence electrons. The van der Waals surface area contributed by atoms with Gasteiger partial charge in [-0.15, -0.1) is 0 Å². The predicted molar refractivity (Wildman–Crippen MR) is 182 cm³/mol. The summed E-state index contributed by atoms with van der Waals surface area (Å²) in [6.07, 6.45) is -0.586. The molecule has 0 aromatic heterocycles. The van der Waals surface area contributed by atoms with Crippen LogP contribution >= 0.6 is 15.9 Å². The van der Waals surface area contributed by atoms with Crippen LogP contribution in [0.1, 0.15) is 49.8 Å². The highest BCUT2D eigenvalue weighted by Gasteiger charge is 2.36. The molecule has 7 nitrogen and oxygen atoms in total. The lowest BCUT2D eigenvalue weighted by Gasteiger charge is -2.23. The number of carbonyl (C=O) groups excluding carboxylic acids is 1. The second-order valence-corrected chi connectivity index (χ2v) is 12.4. The van der Waals surface area contributed by atoms with Crippen LogP contribution in [0.15, 0.2) is 88.5 Å². The molecule has 4 rings (SSSR count). The molecule has 0 spiro atoms. The standard InChI is InChI=1S/C35H43BrF3N5O2/c1-3-44-24-31(42-29-10-7-9-26(23-29)35(37,38)39)32(34(44)45)33(25-11-15-28(40)16-12-25)41-19-5-4-6-20-43(2)21-8-22-46-30-17-13-27(36)14-18-30/h7,9-18,23,33,41-42H,3-6,8,19-22,24,40H2,1-2H3/t33-/m1/s1. The number of hydrogen-bond donors (Lipinski definition) is 3. The fourth-order valence-electron chi connectivity index (χ4n) is 5.43. The molecule has 1 aliphatic heterocycles. The SMILES string of the molecule is CCN1CC(Nc2cccc(C(F)(F)F)c2)=C([C@H](NCCCCCN(C)CCCOc2ccc(Br)cc2)c2ccc(N)cc2)C1=O. The second-order valence-electron chi connectivity index (χ2n) is 11.5. The van der Waals surface area contributed by atoms with Gasteiger partial charge >= 0.3 is 6.18 Å². The molecule has 1 atom stereocenters. The third-order valence-electron chi connectivity index (χ3n) is 7.95. The molecule has 0 fully saturated rings. The van der Waals surface area contributed by atoms with E-state index in [0.717, 1.165) is 66.7 Å². The van der Waals surface area contributed by atoms with Gasteiger partial charge in [0.2, 0.25) is 0 Å². The average molecular weight is 703 g/mol. The normalized spacial score (nSPS) is 14.3. The molecule has 0 radical (unpaired) electrons. The molecular weight excluding hydrogens is 659 g/mol. The van der Waals surface area contributed by atoms with Crippen LogP contribution in [0, 0.1) is 0 Å². The van der Waals surface area contributed by atoms with Crippen molar-refractivity contribution >= 4 is 33.2 Å². The van der Waals surface area contributed by atoms with Gasteiger partial charge in [-0.25, -0.2) is 0 Å². The Bertz CT molecular complexity index is 1450. The monoisotopic (exact) mass is 701 g/mol. The van der Waals surface area contributed by atoms with E-state index in [9.17, 15) is 18.0 Å². The predicted octanol–water partition coefficient (Wildman–Crippen LogP) is 7.48. The molecule has 3 aromatic rings. The molecule has 46 heavy (non-hydrogen) atoms. The van der Waals surface area contributed by atoms with Gasteiger partial charge in [-0.1, -0.05) is 40.5 Å². The maximum atomic E-state index is 13.6. The highest BCUT2D eigenvalue weighted by molar-refractivity contribution is 9.10. The summed E-state index contributed by atoms with van der Waals surface area (Å²) < 4.78 is 47.0. The molecule has 0 aliphatic carbocycles. The van der Waals surface area contributed by atoms with E-state index >= 15 is 0 Å². The van der Waals surface area contributed by atoms with Crippen LogP contribution in [0.4, 0.5) is 24.5 Å². The number of anilines is 2. The van der Waals surface area contributed by atoms with Crippen molar-refractivity contribution in [2.45, 2.75) is 44.8 Å². The Morgan fingerprint density at radius 3 is 2.41 bits per heavy atom. The van der Waals surface area contributed by atoms with Crippen molar-refractivity contribution in [2.24, 2.45) is 0 Å². The molecule has 0 unspecified atom stereocenters. The van der Waals surface area contributed by atoms with Gasteiger partial charge in [-0.2, -0.15) is 13.2 Å². The Morgan fingerprint density at radius 2 is 1.72 bits per heavy atom. The lowest BCUT2D eigenvalue weighted by Crippen LogP contribution is -2.32. The molecule has 1 heterocycles. The summed E-state index contributed by atoms with van der Waals surface area (Å²) in [4.78, 5) is 17.6. The van der Waals surface area contributed by atoms with Crippen molar-refractivity contribution < 1.29 is 22.7 Å². The first kappa shape index (κ1) is 35.3. The summed E-state index contributed by atoms with van der Waals surface area (Å²) in [5, 5.41) is 6.73. The summed E-state index contributed by atoms with van der Waals surface area (Å²) >= 11 is 3.43. The summed E-state index contributed by atoms with van der Waals surface area (Å²) in [5.74, 6) is 0.726. The fourth-order valence-corrected chi connectivity index (χ4v) is 5.69. The van der Waals surface area contributed by atoms with Gasteiger partial charge in [0.15, 0.2) is 0 Å². The first-order valence-electron chi connectivity index (χ1n) is 15.7. The van der Waals surface area contributed by atoms with Crippen LogP contribution in [0.25, 0.3) is 0 Å². The highest BCUT2D eigenvalue weighted by atomic mass is 79.9. The number of hydrogen-bond acceptors (Lipinski definition) is 6. The van der Waals surface area contributed by atoms with Crippen LogP contribution in [0.2, 0.25) is 0 Å². The summed E-state index contributed by atoms with van der Waals surface area (Å²) in [7, 11) is 2.12. The molecule has 0 saturated carbocycles. The quantitative estimate of drug-likeness (QED) is 0.100. The number of nitrogens with one attached hydrogen (secondary N) is 2. The maximum Gasteiger partial charge on any atom is 0.416 e. The van der Waals surface area contributed by atoms with Crippen molar-refractivity contribution in [3.8, 4) is 5.75 Å². The molecule has 4 N–H and O–H groups in total. The zero-order valence-corrected chi connectivity index (χ0v) is 28.0. The molecule has 1 amide bonds. The van der Waals surface area contributed by atoms with Gasteiger partial charge in [0.1, 0.15) is 5.75 Å². The maximum absolute atomic E-state index is 13.6. The van der Waals surface area contributed by atoms with Gasteiger partial charge in [-0.05, 0) is 106 Å². The van der Waals surface area contributed by atoms with E-state index in [2.05, 4.69) is 38.5 Å². The summed E-state index contributed by atoms with van der Waals surface area (Å²) in [5.41, 5.74) is 8.06. The largest absolute Gasteiger partial charge is 0.494 e. The van der Waals surface area contributed by atoms with E-state index in [-0.39, 0.29) is 18.1 Å². The molecule has 11 heteroatoms. The minimum absolute atomic E-state index is 0.142. The number of nitrogens with zero attached hydrogens (tertiary/aromatic N) is 2. The van der Waals surface area contributed by atoms with Gasteiger partial charge in [-0.3, -0.25) is 4.79 Å². The van der Waals surface area contributed by atoms with E-state index in [4.69, 9.17) is 10.5 Å². The van der Waals surface area contributed by atoms with Crippen LogP contribution in [0.5, 0.6) is 5.75 Å². The van der Waals surface area contributed by atoms with Crippen molar-refractivity contribution in [3.63, 3.8) is 0 Å². The van der Waals surface area contributed by atoms with Crippen molar-refractivity contribution in [3.05, 3.63) is 99.7 Å². The smallest absolute Gasteiger partial charge is 0.416 e. The zero-order chi connectivity index (χ0) is 33.1. The summed E-state index contributed by atoms with van der Waals surface area (Å²) in [6, 6.07) is 19.8. The molecule has 1 aliphatic rings. The zero-order valence-electron chi connectivity index (χ0n) is 26.4. The first-order valence-corrected chi connectivity index (χ1v) is 16.5. The number of ether oxygens (including phenoxy) is 1. The molecular formula is C35H43BrF3N5O2. The minimum atomic E-state index is -4.46. The van der Waals surface area contributed by atoms with Crippen LogP contribution < -0.4 is 21.1 Å². The van der Waals surface area contributed by atoms with Crippen LogP contribution in [-0.2, 0) is 11.0 Å². The summed E-state index contributed by atoms with van der Waals surface area (Å²) in [6.45, 7) is 5.90. The van der Waals surface area contributed by atoms with E-state index < -0.39 is 17.8 Å². The number of unbranched alkanes of at least 4 members (excludes halogenated alkanes) is 2. The number of amides is 1. The van der Waals surface area contributed by atoms with Gasteiger partial charge < -0.3 is 30.9 Å². The van der Waals surface area contributed by atoms with Crippen molar-refractivity contribution in [1.82, 2.24) is 15.1 Å². The Morgan fingerprint density at radius 1 is 1.00 bits per heavy atom. The lowest BCUT2D eigenvalue weighted by molar-refractivity contribution is -0.137. The van der Waals surface area contributed by atoms with Crippen molar-refractivity contribution in [2.75, 3.05) is 57.4 Å². The Kier molecular flexibility index (Phi) is 12.9. The molecule has 0 bridgehead atoms. The van der Waals surface area contributed by atoms with E-state index in [0.29, 0.717) is 36.7 Å². The second kappa shape index (κ2) is 16.9. The number of nitrogens with two attached hydrogens (primary N) is 1. The Balaban J connectivity index is 1.34. The van der Waals surface area contributed by atoms with Gasteiger partial charge in [0.25, 0.3) is 5.91 Å².